The summed E-state index contributed by atoms with van der Waals surface area (Å²) in [5, 5.41) is 9.16. The lowest BCUT2D eigenvalue weighted by molar-refractivity contribution is -0.137. The second-order valence-electron chi connectivity index (χ2n) is 4.38. The molecule has 0 aromatic heterocycles. The molecule has 0 aliphatic rings. The van der Waals surface area contributed by atoms with E-state index in [1.165, 1.54) is 24.3 Å². The third-order valence-corrected chi connectivity index (χ3v) is 3.59. The minimum absolute atomic E-state index is 0.179. The van der Waals surface area contributed by atoms with Crippen molar-refractivity contribution in [2.45, 2.75) is 6.18 Å². The van der Waals surface area contributed by atoms with Crippen LogP contribution in [-0.4, -0.2) is 16.9 Å². The van der Waals surface area contributed by atoms with Gasteiger partial charge in [-0.25, -0.2) is 4.79 Å². The highest BCUT2D eigenvalue weighted by molar-refractivity contribution is 9.10. The predicted octanol–water partition coefficient (Wildman–Crippen LogP) is 4.40. The number of aromatic carboxylic acids is 1. The van der Waals surface area contributed by atoms with Crippen molar-refractivity contribution in [2.75, 3.05) is 0 Å². The molecule has 114 valence electrons. The highest BCUT2D eigenvalue weighted by Crippen LogP contribution is 2.30. The van der Waals surface area contributed by atoms with E-state index in [4.69, 9.17) is 5.11 Å². The van der Waals surface area contributed by atoms with Gasteiger partial charge < -0.3 is 5.11 Å². The molecular weight excluding hydrogens is 365 g/mol. The zero-order valence-corrected chi connectivity index (χ0v) is 12.4. The van der Waals surface area contributed by atoms with Crippen LogP contribution in [-0.2, 0) is 6.18 Å². The zero-order valence-electron chi connectivity index (χ0n) is 10.8. The summed E-state index contributed by atoms with van der Waals surface area (Å²) >= 11 is 3.02. The molecule has 0 heterocycles. The third-order valence-electron chi connectivity index (χ3n) is 2.92. The van der Waals surface area contributed by atoms with Gasteiger partial charge in [-0.2, -0.15) is 13.2 Å². The molecule has 0 spiro atoms. The molecule has 0 saturated carbocycles. The summed E-state index contributed by atoms with van der Waals surface area (Å²) in [6.07, 6.45) is -4.58. The average molecular weight is 373 g/mol. The normalized spacial score (nSPS) is 11.3. The van der Waals surface area contributed by atoms with E-state index in [2.05, 4.69) is 15.9 Å². The fourth-order valence-corrected chi connectivity index (χ4v) is 2.46. The van der Waals surface area contributed by atoms with Crippen LogP contribution in [0.2, 0.25) is 0 Å². The second-order valence-corrected chi connectivity index (χ2v) is 5.23. The Hall–Kier alpha value is -2.15. The molecule has 2 aromatic carbocycles. The van der Waals surface area contributed by atoms with Crippen LogP contribution < -0.4 is 0 Å². The van der Waals surface area contributed by atoms with E-state index < -0.39 is 23.5 Å². The Morgan fingerprint density at radius 3 is 2.27 bits per heavy atom. The molecule has 0 radical (unpaired) electrons. The number of ketones is 1. The van der Waals surface area contributed by atoms with Gasteiger partial charge in [0.05, 0.1) is 11.1 Å². The Kier molecular flexibility index (Phi) is 4.37. The zero-order chi connectivity index (χ0) is 16.5. The Morgan fingerprint density at radius 2 is 1.68 bits per heavy atom. The highest BCUT2D eigenvalue weighted by Gasteiger charge is 2.31. The van der Waals surface area contributed by atoms with Crippen LogP contribution in [0.1, 0.15) is 31.8 Å². The van der Waals surface area contributed by atoms with Crippen molar-refractivity contribution in [3.05, 3.63) is 69.2 Å². The molecular formula is C15H8BrF3O3. The first-order chi connectivity index (χ1) is 10.2. The van der Waals surface area contributed by atoms with Crippen LogP contribution >= 0.6 is 15.9 Å². The molecule has 0 atom stereocenters. The van der Waals surface area contributed by atoms with Crippen molar-refractivity contribution in [1.82, 2.24) is 0 Å². The number of carboxylic acids is 1. The molecule has 1 N–H and O–H groups in total. The smallest absolute Gasteiger partial charge is 0.416 e. The van der Waals surface area contributed by atoms with Crippen LogP contribution in [0.25, 0.3) is 0 Å². The van der Waals surface area contributed by atoms with Gasteiger partial charge in [-0.3, -0.25) is 4.79 Å². The van der Waals surface area contributed by atoms with Gasteiger partial charge >= 0.3 is 12.1 Å². The number of carbonyl (C=O) groups is 2. The Morgan fingerprint density at radius 1 is 1.05 bits per heavy atom. The standard InChI is InChI=1S/C15H8BrF3O3/c16-11-6-2-5-10(12(11)14(21)22)13(20)8-3-1-4-9(7-8)15(17,18)19/h1-7H,(H,21,22). The fourth-order valence-electron chi connectivity index (χ4n) is 1.92. The van der Waals surface area contributed by atoms with Gasteiger partial charge in [0.15, 0.2) is 5.78 Å². The predicted molar refractivity (Wildman–Crippen MR) is 76.0 cm³/mol. The Bertz CT molecular complexity index is 754. The number of hydrogen-bond donors (Lipinski definition) is 1. The maximum Gasteiger partial charge on any atom is 0.416 e. The van der Waals surface area contributed by atoms with E-state index in [9.17, 15) is 22.8 Å². The molecule has 22 heavy (non-hydrogen) atoms. The van der Waals surface area contributed by atoms with Gasteiger partial charge in [0.2, 0.25) is 0 Å². The van der Waals surface area contributed by atoms with E-state index >= 15 is 0 Å². The summed E-state index contributed by atoms with van der Waals surface area (Å²) in [5.41, 5.74) is -1.66. The molecule has 0 aliphatic heterocycles. The highest BCUT2D eigenvalue weighted by atomic mass is 79.9. The molecule has 2 rings (SSSR count). The van der Waals surface area contributed by atoms with Gasteiger partial charge in [0.1, 0.15) is 0 Å². The van der Waals surface area contributed by atoms with Crippen molar-refractivity contribution in [3.63, 3.8) is 0 Å². The minimum Gasteiger partial charge on any atom is -0.478 e. The lowest BCUT2D eigenvalue weighted by atomic mass is 9.97. The number of benzene rings is 2. The third kappa shape index (κ3) is 3.19. The lowest BCUT2D eigenvalue weighted by Gasteiger charge is -2.10. The van der Waals surface area contributed by atoms with Gasteiger partial charge in [-0.05, 0) is 34.1 Å². The molecule has 2 aromatic rings. The number of carboxylic acid groups (broad SMARTS) is 1. The van der Waals surface area contributed by atoms with E-state index in [-0.39, 0.29) is 21.2 Å². The van der Waals surface area contributed by atoms with Crippen LogP contribution in [0.5, 0.6) is 0 Å². The second kappa shape index (κ2) is 5.92. The van der Waals surface area contributed by atoms with E-state index in [1.54, 1.807) is 0 Å². The van der Waals surface area contributed by atoms with Gasteiger partial charge in [0, 0.05) is 15.6 Å². The van der Waals surface area contributed by atoms with Crippen molar-refractivity contribution < 1.29 is 27.9 Å². The maximum atomic E-state index is 12.7. The Labute approximate surface area is 131 Å². The molecule has 0 amide bonds. The number of rotatable bonds is 3. The summed E-state index contributed by atoms with van der Waals surface area (Å²) in [4.78, 5) is 23.6. The van der Waals surface area contributed by atoms with Crippen molar-refractivity contribution >= 4 is 27.7 Å². The number of hydrogen-bond acceptors (Lipinski definition) is 2. The molecule has 3 nitrogen and oxygen atoms in total. The molecule has 0 saturated heterocycles. The molecule has 0 fully saturated rings. The lowest BCUT2D eigenvalue weighted by Crippen LogP contribution is -2.12. The topological polar surface area (TPSA) is 54.4 Å². The van der Waals surface area contributed by atoms with E-state index in [0.717, 1.165) is 12.1 Å². The minimum atomic E-state index is -4.58. The van der Waals surface area contributed by atoms with Crippen molar-refractivity contribution in [1.29, 1.82) is 0 Å². The largest absolute Gasteiger partial charge is 0.478 e. The number of alkyl halides is 3. The van der Waals surface area contributed by atoms with E-state index in [0.29, 0.717) is 6.07 Å². The monoisotopic (exact) mass is 372 g/mol. The van der Waals surface area contributed by atoms with Crippen molar-refractivity contribution in [3.8, 4) is 0 Å². The molecule has 0 aliphatic carbocycles. The molecule has 7 heteroatoms. The first kappa shape index (κ1) is 16.2. The summed E-state index contributed by atoms with van der Waals surface area (Å²) in [5.74, 6) is -2.13. The fraction of sp³-hybridized carbons (Fsp3) is 0.0667. The quantitative estimate of drug-likeness (QED) is 0.812. The molecule has 0 unspecified atom stereocenters. The van der Waals surface area contributed by atoms with Crippen LogP contribution in [0, 0.1) is 0 Å². The SMILES string of the molecule is O=C(c1cccc(C(F)(F)F)c1)c1cccc(Br)c1C(=O)O. The summed E-state index contributed by atoms with van der Waals surface area (Å²) in [7, 11) is 0. The summed E-state index contributed by atoms with van der Waals surface area (Å²) in [6.45, 7) is 0. The Balaban J connectivity index is 2.55. The van der Waals surface area contributed by atoms with E-state index in [1.807, 2.05) is 0 Å². The number of halogens is 4. The average Bonchev–Trinajstić information content (AvgIpc) is 2.45. The van der Waals surface area contributed by atoms with Crippen LogP contribution in [0.15, 0.2) is 46.9 Å². The maximum absolute atomic E-state index is 12.7. The van der Waals surface area contributed by atoms with Gasteiger partial charge in [-0.15, -0.1) is 0 Å². The van der Waals surface area contributed by atoms with Gasteiger partial charge in [0.25, 0.3) is 0 Å². The first-order valence-electron chi connectivity index (χ1n) is 5.95. The number of carbonyl (C=O) groups excluding carboxylic acids is 1. The molecule has 0 bridgehead atoms. The first-order valence-corrected chi connectivity index (χ1v) is 6.75. The summed E-state index contributed by atoms with van der Waals surface area (Å²) < 4.78 is 38.3. The van der Waals surface area contributed by atoms with Crippen LogP contribution in [0.4, 0.5) is 13.2 Å². The summed E-state index contributed by atoms with van der Waals surface area (Å²) in [6, 6.07) is 8.00. The van der Waals surface area contributed by atoms with Crippen LogP contribution in [0.3, 0.4) is 0 Å². The van der Waals surface area contributed by atoms with Gasteiger partial charge in [-0.1, -0.05) is 24.3 Å². The van der Waals surface area contributed by atoms with Crippen molar-refractivity contribution in [2.24, 2.45) is 0 Å².